The lowest BCUT2D eigenvalue weighted by atomic mass is 9.69. The summed E-state index contributed by atoms with van der Waals surface area (Å²) < 4.78 is 128. The number of alkyl halides is 10. The van der Waals surface area contributed by atoms with Crippen LogP contribution in [0.4, 0.5) is 43.9 Å². The summed E-state index contributed by atoms with van der Waals surface area (Å²) in [5.74, 6) is -15.8. The van der Waals surface area contributed by atoms with Crippen LogP contribution in [0.25, 0.3) is 0 Å². The van der Waals surface area contributed by atoms with Crippen molar-refractivity contribution >= 4 is 0 Å². The number of hydrogen-bond acceptors (Lipinski definition) is 1. The molecule has 0 amide bonds. The van der Waals surface area contributed by atoms with E-state index in [2.05, 4.69) is 0 Å². The molecule has 0 radical (unpaired) electrons. The van der Waals surface area contributed by atoms with E-state index >= 15 is 0 Å². The molecule has 1 aliphatic carbocycles. The molecule has 1 fully saturated rings. The zero-order chi connectivity index (χ0) is 17.6. The Kier molecular flexibility index (Phi) is 4.75. The van der Waals surface area contributed by atoms with Crippen molar-refractivity contribution in [3.8, 4) is 0 Å². The van der Waals surface area contributed by atoms with Gasteiger partial charge in [0.25, 0.3) is 0 Å². The maximum absolute atomic E-state index is 13.4. The lowest BCUT2D eigenvalue weighted by molar-refractivity contribution is -0.435. The smallest absolute Gasteiger partial charge is 0.377 e. The molecule has 0 aromatic heterocycles. The monoisotopic (exact) mass is 350 g/mol. The van der Waals surface area contributed by atoms with Crippen LogP contribution < -0.4 is 0 Å². The molecule has 0 atom stereocenters. The highest BCUT2D eigenvalue weighted by Crippen LogP contribution is 2.59. The third kappa shape index (κ3) is 2.65. The molecule has 0 aromatic rings. The average Bonchev–Trinajstić information content (AvgIpc) is 2.35. The molecule has 1 nitrogen and oxygen atoms in total. The van der Waals surface area contributed by atoms with Gasteiger partial charge in [-0.2, -0.15) is 43.9 Å². The first kappa shape index (κ1) is 19.3. The summed E-state index contributed by atoms with van der Waals surface area (Å²) in [6.45, 7) is 0. The molecule has 1 N–H and O–H groups in total. The van der Waals surface area contributed by atoms with Crippen LogP contribution in [0.1, 0.15) is 32.1 Å². The summed E-state index contributed by atoms with van der Waals surface area (Å²) in [5.41, 5.74) is -5.59. The van der Waals surface area contributed by atoms with Gasteiger partial charge in [-0.15, -0.1) is 0 Å². The van der Waals surface area contributed by atoms with Crippen LogP contribution >= 0.6 is 0 Å². The molecule has 11 heteroatoms. The second-order valence-electron chi connectivity index (χ2n) is 5.25. The van der Waals surface area contributed by atoms with E-state index in [1.54, 1.807) is 0 Å². The maximum atomic E-state index is 13.4. The highest BCUT2D eigenvalue weighted by Gasteiger charge is 2.86. The lowest BCUT2D eigenvalue weighted by Gasteiger charge is -2.47. The number of hydrogen-bond donors (Lipinski definition) is 1. The molecule has 0 unspecified atom stereocenters. The van der Waals surface area contributed by atoms with Crippen LogP contribution in [0.3, 0.4) is 0 Å². The van der Waals surface area contributed by atoms with Gasteiger partial charge >= 0.3 is 24.2 Å². The predicted molar refractivity (Wildman–Crippen MR) is 53.5 cm³/mol. The normalized spacial score (nSPS) is 20.3. The highest BCUT2D eigenvalue weighted by molar-refractivity contribution is 5.13. The summed E-state index contributed by atoms with van der Waals surface area (Å²) in [5, 5.41) is 9.42. The molecule has 132 valence electrons. The largest absolute Gasteiger partial charge is 0.456 e. The summed E-state index contributed by atoms with van der Waals surface area (Å²) in [4.78, 5) is 0. The van der Waals surface area contributed by atoms with E-state index in [1.807, 2.05) is 0 Å². The summed E-state index contributed by atoms with van der Waals surface area (Å²) in [6, 6.07) is 0. The van der Waals surface area contributed by atoms with Gasteiger partial charge in [0.05, 0.1) is 0 Å². The number of aliphatic hydroxyl groups is 1. The maximum Gasteiger partial charge on any atom is 0.456 e. The van der Waals surface area contributed by atoms with Crippen molar-refractivity contribution in [2.75, 3.05) is 0 Å². The molecular formula is C11H12F10O. The molecule has 0 heterocycles. The predicted octanol–water partition coefficient (Wildman–Crippen LogP) is 4.69. The minimum atomic E-state index is -6.76. The van der Waals surface area contributed by atoms with Crippen molar-refractivity contribution in [1.29, 1.82) is 0 Å². The molecule has 1 aliphatic rings. The van der Waals surface area contributed by atoms with Gasteiger partial charge < -0.3 is 5.11 Å². The van der Waals surface area contributed by atoms with E-state index < -0.39 is 48.6 Å². The summed E-state index contributed by atoms with van der Waals surface area (Å²) >= 11 is 0. The van der Waals surface area contributed by atoms with E-state index in [4.69, 9.17) is 0 Å². The second-order valence-corrected chi connectivity index (χ2v) is 5.25. The SMILES string of the molecule is OC(C1CCCCC1)(C(F)(F)C(F)(F)F)C(F)(F)C(F)(F)F. The molecule has 0 aromatic carbocycles. The van der Waals surface area contributed by atoms with Crippen LogP contribution in [0, 0.1) is 5.92 Å². The van der Waals surface area contributed by atoms with Gasteiger partial charge in [-0.05, 0) is 12.8 Å². The molecule has 0 bridgehead atoms. The molecule has 1 rings (SSSR count). The summed E-state index contributed by atoms with van der Waals surface area (Å²) in [6.07, 6.45) is -15.1. The van der Waals surface area contributed by atoms with Gasteiger partial charge in [0.2, 0.25) is 5.60 Å². The van der Waals surface area contributed by atoms with E-state index in [9.17, 15) is 49.0 Å². The van der Waals surface area contributed by atoms with Crippen molar-refractivity contribution in [1.82, 2.24) is 0 Å². The first-order valence-corrected chi connectivity index (χ1v) is 6.22. The fraction of sp³-hybridized carbons (Fsp3) is 1.00. The molecule has 1 saturated carbocycles. The first-order valence-electron chi connectivity index (χ1n) is 6.22. The molecular weight excluding hydrogens is 338 g/mol. The zero-order valence-corrected chi connectivity index (χ0v) is 10.8. The second kappa shape index (κ2) is 5.41. The van der Waals surface area contributed by atoms with Crippen LogP contribution in [0.5, 0.6) is 0 Å². The first-order chi connectivity index (χ1) is 9.61. The fourth-order valence-corrected chi connectivity index (χ4v) is 2.66. The Bertz CT molecular complexity index is 365. The Labute approximate surface area is 118 Å². The third-order valence-electron chi connectivity index (χ3n) is 3.87. The third-order valence-corrected chi connectivity index (χ3v) is 3.87. The van der Waals surface area contributed by atoms with E-state index in [1.165, 1.54) is 0 Å². The van der Waals surface area contributed by atoms with Crippen molar-refractivity contribution in [2.24, 2.45) is 5.92 Å². The average molecular weight is 350 g/mol. The fourth-order valence-electron chi connectivity index (χ4n) is 2.66. The Hall–Kier alpha value is -0.740. The number of rotatable bonds is 3. The van der Waals surface area contributed by atoms with Crippen molar-refractivity contribution in [2.45, 2.75) is 61.9 Å². The Morgan fingerprint density at radius 2 is 0.909 bits per heavy atom. The van der Waals surface area contributed by atoms with E-state index in [0.717, 1.165) is 0 Å². The standard InChI is InChI=1S/C11H12F10O/c12-8(13,10(16,17)18)7(22,6-4-2-1-3-5-6)9(14,15)11(19,20)21/h6,22H,1-5H2. The molecule has 0 aliphatic heterocycles. The molecule has 0 spiro atoms. The van der Waals surface area contributed by atoms with Crippen LogP contribution in [0.15, 0.2) is 0 Å². The summed E-state index contributed by atoms with van der Waals surface area (Å²) in [7, 11) is 0. The van der Waals surface area contributed by atoms with Gasteiger partial charge in [-0.1, -0.05) is 19.3 Å². The van der Waals surface area contributed by atoms with Gasteiger partial charge in [0.15, 0.2) is 0 Å². The molecule has 22 heavy (non-hydrogen) atoms. The minimum absolute atomic E-state index is 0.130. The van der Waals surface area contributed by atoms with E-state index in [0.29, 0.717) is 0 Å². The lowest BCUT2D eigenvalue weighted by Crippen LogP contribution is -2.73. The Balaban J connectivity index is 3.51. The molecule has 0 saturated heterocycles. The quantitative estimate of drug-likeness (QED) is 0.732. The highest BCUT2D eigenvalue weighted by atomic mass is 19.4. The van der Waals surface area contributed by atoms with Crippen molar-refractivity contribution in [3.05, 3.63) is 0 Å². The Morgan fingerprint density at radius 1 is 0.591 bits per heavy atom. The minimum Gasteiger partial charge on any atom is -0.377 e. The number of halogens is 10. The van der Waals surface area contributed by atoms with Crippen molar-refractivity contribution in [3.63, 3.8) is 0 Å². The van der Waals surface area contributed by atoms with Crippen LogP contribution in [-0.2, 0) is 0 Å². The van der Waals surface area contributed by atoms with Gasteiger partial charge in [0, 0.05) is 5.92 Å². The topological polar surface area (TPSA) is 20.2 Å². The van der Waals surface area contributed by atoms with E-state index in [-0.39, 0.29) is 19.3 Å². The van der Waals surface area contributed by atoms with Crippen LogP contribution in [-0.4, -0.2) is 34.9 Å². The van der Waals surface area contributed by atoms with Gasteiger partial charge in [-0.25, -0.2) is 0 Å². The van der Waals surface area contributed by atoms with Crippen molar-refractivity contribution < 1.29 is 49.0 Å². The van der Waals surface area contributed by atoms with Gasteiger partial charge in [-0.3, -0.25) is 0 Å². The van der Waals surface area contributed by atoms with Crippen LogP contribution in [0.2, 0.25) is 0 Å². The van der Waals surface area contributed by atoms with Gasteiger partial charge in [0.1, 0.15) is 0 Å². The Morgan fingerprint density at radius 3 is 1.18 bits per heavy atom. The zero-order valence-electron chi connectivity index (χ0n) is 10.8.